The van der Waals surface area contributed by atoms with Gasteiger partial charge in [-0.3, -0.25) is 0 Å². The molecule has 0 unspecified atom stereocenters. The molecule has 0 saturated carbocycles. The summed E-state index contributed by atoms with van der Waals surface area (Å²) < 4.78 is 5.20. The molecule has 1 heterocycles. The van der Waals surface area contributed by atoms with Gasteiger partial charge in [0.2, 0.25) is 0 Å². The zero-order chi connectivity index (χ0) is 13.0. The Morgan fingerprint density at radius 2 is 2.00 bits per heavy atom. The van der Waals surface area contributed by atoms with Gasteiger partial charge in [0.15, 0.2) is 0 Å². The molecule has 0 aromatic heterocycles. The number of nitrogens with one attached hydrogen (secondary N) is 1. The van der Waals surface area contributed by atoms with Crippen LogP contribution in [0.3, 0.4) is 0 Å². The van der Waals surface area contributed by atoms with Crippen LogP contribution in [-0.2, 0) is 0 Å². The number of rotatable bonds is 2. The predicted molar refractivity (Wildman–Crippen MR) is 72.2 cm³/mol. The van der Waals surface area contributed by atoms with Crippen LogP contribution in [0.15, 0.2) is 18.2 Å². The van der Waals surface area contributed by atoms with Crippen molar-refractivity contribution in [2.75, 3.05) is 25.5 Å². The van der Waals surface area contributed by atoms with E-state index in [-0.39, 0.29) is 6.03 Å². The van der Waals surface area contributed by atoms with Crippen LogP contribution in [0.4, 0.5) is 10.5 Å². The fourth-order valence-electron chi connectivity index (χ4n) is 2.26. The average molecular weight is 248 g/mol. The number of likely N-dealkylation sites (tertiary alicyclic amines) is 1. The number of methoxy groups -OCH3 is 1. The number of hydrogen-bond donors (Lipinski definition) is 1. The number of amides is 2. The molecule has 4 nitrogen and oxygen atoms in total. The molecule has 0 spiro atoms. The molecule has 2 rings (SSSR count). The zero-order valence-electron chi connectivity index (χ0n) is 11.0. The number of carbonyl (C=O) groups excluding carboxylic acids is 1. The van der Waals surface area contributed by atoms with E-state index in [1.807, 2.05) is 30.0 Å². The third-order valence-corrected chi connectivity index (χ3v) is 3.29. The first-order chi connectivity index (χ1) is 8.70. The Hall–Kier alpha value is -1.71. The molecule has 0 atom stereocenters. The van der Waals surface area contributed by atoms with Crippen LogP contribution in [0.2, 0.25) is 0 Å². The SMILES string of the molecule is COc1ccc(NC(=O)N2CCCCC2)cc1C. The van der Waals surface area contributed by atoms with Crippen LogP contribution in [0.25, 0.3) is 0 Å². The molecule has 1 saturated heterocycles. The van der Waals surface area contributed by atoms with Gasteiger partial charge in [-0.25, -0.2) is 4.79 Å². The molecule has 18 heavy (non-hydrogen) atoms. The first-order valence-electron chi connectivity index (χ1n) is 6.41. The van der Waals surface area contributed by atoms with Crippen molar-refractivity contribution in [3.8, 4) is 5.75 Å². The van der Waals surface area contributed by atoms with E-state index in [1.165, 1.54) is 6.42 Å². The number of urea groups is 1. The summed E-state index contributed by atoms with van der Waals surface area (Å²) >= 11 is 0. The van der Waals surface area contributed by atoms with Gasteiger partial charge in [-0.1, -0.05) is 0 Å². The molecule has 4 heteroatoms. The van der Waals surface area contributed by atoms with E-state index in [0.717, 1.165) is 42.9 Å². The highest BCUT2D eigenvalue weighted by atomic mass is 16.5. The van der Waals surface area contributed by atoms with E-state index < -0.39 is 0 Å². The van der Waals surface area contributed by atoms with Crippen molar-refractivity contribution in [2.24, 2.45) is 0 Å². The number of hydrogen-bond acceptors (Lipinski definition) is 2. The Labute approximate surface area is 108 Å². The monoisotopic (exact) mass is 248 g/mol. The Balaban J connectivity index is 2.00. The van der Waals surface area contributed by atoms with E-state index in [9.17, 15) is 4.79 Å². The highest BCUT2D eigenvalue weighted by molar-refractivity contribution is 5.89. The molecule has 1 aromatic rings. The third-order valence-electron chi connectivity index (χ3n) is 3.29. The lowest BCUT2D eigenvalue weighted by atomic mass is 10.1. The van der Waals surface area contributed by atoms with E-state index in [4.69, 9.17) is 4.74 Å². The highest BCUT2D eigenvalue weighted by Crippen LogP contribution is 2.22. The van der Waals surface area contributed by atoms with Crippen molar-refractivity contribution in [1.82, 2.24) is 4.90 Å². The summed E-state index contributed by atoms with van der Waals surface area (Å²) in [7, 11) is 1.65. The number of piperidine rings is 1. The summed E-state index contributed by atoms with van der Waals surface area (Å²) in [6.07, 6.45) is 3.44. The molecule has 1 aliphatic heterocycles. The van der Waals surface area contributed by atoms with Crippen molar-refractivity contribution in [2.45, 2.75) is 26.2 Å². The van der Waals surface area contributed by atoms with Crippen LogP contribution >= 0.6 is 0 Å². The summed E-state index contributed by atoms with van der Waals surface area (Å²) in [5.74, 6) is 0.839. The first-order valence-corrected chi connectivity index (χ1v) is 6.41. The average Bonchev–Trinajstić information content (AvgIpc) is 2.40. The van der Waals surface area contributed by atoms with Crippen molar-refractivity contribution in [1.29, 1.82) is 0 Å². The van der Waals surface area contributed by atoms with Crippen LogP contribution in [-0.4, -0.2) is 31.1 Å². The minimum atomic E-state index is -0.000679. The minimum Gasteiger partial charge on any atom is -0.496 e. The van der Waals surface area contributed by atoms with Crippen LogP contribution in [0.5, 0.6) is 5.75 Å². The number of ether oxygens (including phenoxy) is 1. The zero-order valence-corrected chi connectivity index (χ0v) is 11.0. The van der Waals surface area contributed by atoms with E-state index >= 15 is 0 Å². The van der Waals surface area contributed by atoms with E-state index in [2.05, 4.69) is 5.32 Å². The standard InChI is InChI=1S/C14H20N2O2/c1-11-10-12(6-7-13(11)18-2)15-14(17)16-8-4-3-5-9-16/h6-7,10H,3-5,8-9H2,1-2H3,(H,15,17). The van der Waals surface area contributed by atoms with Crippen molar-refractivity contribution in [3.63, 3.8) is 0 Å². The first kappa shape index (κ1) is 12.7. The molecule has 1 aromatic carbocycles. The van der Waals surface area contributed by atoms with Gasteiger partial charge in [0.25, 0.3) is 0 Å². The van der Waals surface area contributed by atoms with Crippen LogP contribution < -0.4 is 10.1 Å². The lowest BCUT2D eigenvalue weighted by Crippen LogP contribution is -2.38. The molecule has 2 amide bonds. The molecule has 1 aliphatic rings. The minimum absolute atomic E-state index is 0.000679. The van der Waals surface area contributed by atoms with Gasteiger partial charge >= 0.3 is 6.03 Å². The van der Waals surface area contributed by atoms with Crippen molar-refractivity contribution >= 4 is 11.7 Å². The third kappa shape index (κ3) is 2.94. The second-order valence-electron chi connectivity index (χ2n) is 4.66. The summed E-state index contributed by atoms with van der Waals surface area (Å²) in [4.78, 5) is 13.9. The second kappa shape index (κ2) is 5.76. The largest absolute Gasteiger partial charge is 0.496 e. The number of carbonyl (C=O) groups is 1. The van der Waals surface area contributed by atoms with Gasteiger partial charge in [0.1, 0.15) is 5.75 Å². The summed E-state index contributed by atoms with van der Waals surface area (Å²) in [5, 5.41) is 2.94. The molecule has 0 radical (unpaired) electrons. The van der Waals surface area contributed by atoms with Gasteiger partial charge in [-0.05, 0) is 49.9 Å². The quantitative estimate of drug-likeness (QED) is 0.874. The van der Waals surface area contributed by atoms with Gasteiger partial charge in [-0.2, -0.15) is 0 Å². The van der Waals surface area contributed by atoms with E-state index in [1.54, 1.807) is 7.11 Å². The number of aryl methyl sites for hydroxylation is 1. The molecule has 98 valence electrons. The maximum absolute atomic E-state index is 12.0. The predicted octanol–water partition coefficient (Wildman–Crippen LogP) is 3.02. The fraction of sp³-hybridized carbons (Fsp3) is 0.500. The molecule has 1 N–H and O–H groups in total. The number of anilines is 1. The lowest BCUT2D eigenvalue weighted by Gasteiger charge is -2.26. The van der Waals surface area contributed by atoms with Crippen LogP contribution in [0.1, 0.15) is 24.8 Å². The number of nitrogens with zero attached hydrogens (tertiary/aromatic N) is 1. The summed E-state index contributed by atoms with van der Waals surface area (Å²) in [6.45, 7) is 3.69. The fourth-order valence-corrected chi connectivity index (χ4v) is 2.26. The summed E-state index contributed by atoms with van der Waals surface area (Å²) in [6, 6.07) is 5.68. The van der Waals surface area contributed by atoms with Crippen molar-refractivity contribution in [3.05, 3.63) is 23.8 Å². The molecule has 0 bridgehead atoms. The Bertz CT molecular complexity index is 426. The molecular weight excluding hydrogens is 228 g/mol. The van der Waals surface area contributed by atoms with Gasteiger partial charge in [0.05, 0.1) is 7.11 Å². The Kier molecular flexibility index (Phi) is 4.07. The number of benzene rings is 1. The Morgan fingerprint density at radius 3 is 2.61 bits per heavy atom. The van der Waals surface area contributed by atoms with Gasteiger partial charge in [0, 0.05) is 18.8 Å². The summed E-state index contributed by atoms with van der Waals surface area (Å²) in [5.41, 5.74) is 1.85. The maximum atomic E-state index is 12.0. The molecule has 0 aliphatic carbocycles. The molecule has 1 fully saturated rings. The lowest BCUT2D eigenvalue weighted by molar-refractivity contribution is 0.200. The Morgan fingerprint density at radius 1 is 1.28 bits per heavy atom. The van der Waals surface area contributed by atoms with Gasteiger partial charge < -0.3 is 15.0 Å². The highest BCUT2D eigenvalue weighted by Gasteiger charge is 2.16. The topological polar surface area (TPSA) is 41.6 Å². The molecular formula is C14H20N2O2. The second-order valence-corrected chi connectivity index (χ2v) is 4.66. The maximum Gasteiger partial charge on any atom is 0.321 e. The normalized spacial score (nSPS) is 15.3. The van der Waals surface area contributed by atoms with Crippen LogP contribution in [0, 0.1) is 6.92 Å². The van der Waals surface area contributed by atoms with Gasteiger partial charge in [-0.15, -0.1) is 0 Å². The smallest absolute Gasteiger partial charge is 0.321 e. The van der Waals surface area contributed by atoms with E-state index in [0.29, 0.717) is 0 Å². The van der Waals surface area contributed by atoms with Crippen molar-refractivity contribution < 1.29 is 9.53 Å².